The summed E-state index contributed by atoms with van der Waals surface area (Å²) in [4.78, 5) is 12.1. The molecule has 0 aromatic heterocycles. The standard InChI is InChI=1S/C17H17NO3S/c19-17(14-6-7-14)15-8-10-16(11-9-15)22(20,21)18-12-13-4-2-1-3-5-13/h1-5,8-11,14,18H,6-7,12H2. The zero-order chi connectivity index (χ0) is 15.6. The third-order valence-corrected chi connectivity index (χ3v) is 5.12. The number of hydrogen-bond acceptors (Lipinski definition) is 3. The fraction of sp³-hybridized carbons (Fsp3) is 0.235. The smallest absolute Gasteiger partial charge is 0.240 e. The Balaban J connectivity index is 1.70. The number of sulfonamides is 1. The van der Waals surface area contributed by atoms with E-state index in [4.69, 9.17) is 0 Å². The predicted molar refractivity (Wildman–Crippen MR) is 84.0 cm³/mol. The second-order valence-corrected chi connectivity index (χ2v) is 7.24. The Bertz CT molecular complexity index is 763. The maximum atomic E-state index is 12.2. The number of hydrogen-bond donors (Lipinski definition) is 1. The fourth-order valence-electron chi connectivity index (χ4n) is 2.24. The number of rotatable bonds is 6. The van der Waals surface area contributed by atoms with Gasteiger partial charge in [0.1, 0.15) is 0 Å². The Labute approximate surface area is 130 Å². The molecular weight excluding hydrogens is 298 g/mol. The zero-order valence-corrected chi connectivity index (χ0v) is 12.8. The molecule has 3 rings (SSSR count). The van der Waals surface area contributed by atoms with Crippen molar-refractivity contribution in [3.8, 4) is 0 Å². The molecule has 1 saturated carbocycles. The van der Waals surface area contributed by atoms with E-state index in [0.717, 1.165) is 18.4 Å². The number of carbonyl (C=O) groups is 1. The number of ketones is 1. The van der Waals surface area contributed by atoms with Crippen molar-refractivity contribution < 1.29 is 13.2 Å². The molecule has 1 aliphatic carbocycles. The average Bonchev–Trinajstić information content (AvgIpc) is 3.38. The van der Waals surface area contributed by atoms with Crippen LogP contribution in [-0.2, 0) is 16.6 Å². The Kier molecular flexibility index (Phi) is 4.09. The van der Waals surface area contributed by atoms with Crippen LogP contribution in [-0.4, -0.2) is 14.2 Å². The number of carbonyl (C=O) groups excluding carboxylic acids is 1. The van der Waals surface area contributed by atoms with Gasteiger partial charge in [0.05, 0.1) is 4.90 Å². The summed E-state index contributed by atoms with van der Waals surface area (Å²) in [7, 11) is -3.57. The van der Waals surface area contributed by atoms with Gasteiger partial charge in [-0.3, -0.25) is 4.79 Å². The van der Waals surface area contributed by atoms with Crippen LogP contribution in [0, 0.1) is 5.92 Å². The van der Waals surface area contributed by atoms with Crippen LogP contribution in [0.15, 0.2) is 59.5 Å². The van der Waals surface area contributed by atoms with E-state index in [2.05, 4.69) is 4.72 Å². The predicted octanol–water partition coefficient (Wildman–Crippen LogP) is 2.76. The normalized spacial score (nSPS) is 14.7. The highest BCUT2D eigenvalue weighted by Gasteiger charge is 2.30. The fourth-order valence-corrected chi connectivity index (χ4v) is 3.25. The van der Waals surface area contributed by atoms with Crippen molar-refractivity contribution in [3.05, 3.63) is 65.7 Å². The third-order valence-electron chi connectivity index (χ3n) is 3.71. The second-order valence-electron chi connectivity index (χ2n) is 5.47. The molecule has 2 aromatic rings. The van der Waals surface area contributed by atoms with Crippen LogP contribution < -0.4 is 4.72 Å². The molecule has 4 nitrogen and oxygen atoms in total. The summed E-state index contributed by atoms with van der Waals surface area (Å²) in [5, 5.41) is 0. The molecule has 114 valence electrons. The maximum absolute atomic E-state index is 12.2. The summed E-state index contributed by atoms with van der Waals surface area (Å²) >= 11 is 0. The van der Waals surface area contributed by atoms with E-state index in [0.29, 0.717) is 5.56 Å². The molecule has 1 fully saturated rings. The molecule has 1 aliphatic rings. The van der Waals surface area contributed by atoms with Gasteiger partial charge in [0.2, 0.25) is 10.0 Å². The molecular formula is C17H17NO3S. The Morgan fingerprint density at radius 2 is 1.64 bits per heavy atom. The number of nitrogens with one attached hydrogen (secondary N) is 1. The lowest BCUT2D eigenvalue weighted by Crippen LogP contribution is -2.23. The second kappa shape index (κ2) is 6.02. The summed E-state index contributed by atoms with van der Waals surface area (Å²) in [5.41, 5.74) is 1.48. The summed E-state index contributed by atoms with van der Waals surface area (Å²) in [5.74, 6) is 0.250. The van der Waals surface area contributed by atoms with E-state index in [-0.39, 0.29) is 23.1 Å². The van der Waals surface area contributed by atoms with Crippen LogP contribution >= 0.6 is 0 Å². The third kappa shape index (κ3) is 3.43. The van der Waals surface area contributed by atoms with Crippen molar-refractivity contribution in [2.24, 2.45) is 5.92 Å². The molecule has 0 amide bonds. The first-order valence-corrected chi connectivity index (χ1v) is 8.72. The molecule has 22 heavy (non-hydrogen) atoms. The van der Waals surface area contributed by atoms with Gasteiger partial charge in [-0.05, 0) is 30.5 Å². The summed E-state index contributed by atoms with van der Waals surface area (Å²) in [6.07, 6.45) is 1.88. The Hall–Kier alpha value is -1.98. The summed E-state index contributed by atoms with van der Waals surface area (Å²) in [6, 6.07) is 15.5. The van der Waals surface area contributed by atoms with Crippen LogP contribution in [0.5, 0.6) is 0 Å². The van der Waals surface area contributed by atoms with Gasteiger partial charge < -0.3 is 0 Å². The zero-order valence-electron chi connectivity index (χ0n) is 12.0. The highest BCUT2D eigenvalue weighted by atomic mass is 32.2. The molecule has 0 spiro atoms. The monoisotopic (exact) mass is 315 g/mol. The van der Waals surface area contributed by atoms with Gasteiger partial charge in [-0.2, -0.15) is 0 Å². The molecule has 5 heteroatoms. The maximum Gasteiger partial charge on any atom is 0.240 e. The summed E-state index contributed by atoms with van der Waals surface area (Å²) < 4.78 is 27.0. The first kappa shape index (κ1) is 14.9. The first-order chi connectivity index (χ1) is 10.6. The lowest BCUT2D eigenvalue weighted by molar-refractivity contribution is 0.0967. The van der Waals surface area contributed by atoms with Crippen LogP contribution in [0.3, 0.4) is 0 Å². The van der Waals surface area contributed by atoms with Gasteiger partial charge in [0, 0.05) is 18.0 Å². The van der Waals surface area contributed by atoms with Crippen molar-refractivity contribution in [3.63, 3.8) is 0 Å². The van der Waals surface area contributed by atoms with Crippen molar-refractivity contribution in [1.29, 1.82) is 0 Å². The van der Waals surface area contributed by atoms with Crippen molar-refractivity contribution >= 4 is 15.8 Å². The van der Waals surface area contributed by atoms with E-state index in [9.17, 15) is 13.2 Å². The highest BCUT2D eigenvalue weighted by molar-refractivity contribution is 7.89. The van der Waals surface area contributed by atoms with Gasteiger partial charge in [-0.15, -0.1) is 0 Å². The van der Waals surface area contributed by atoms with Crippen LogP contribution in [0.4, 0.5) is 0 Å². The first-order valence-electron chi connectivity index (χ1n) is 7.24. The molecule has 1 N–H and O–H groups in total. The van der Waals surface area contributed by atoms with E-state index < -0.39 is 10.0 Å². The lowest BCUT2D eigenvalue weighted by Gasteiger charge is -2.07. The number of benzene rings is 2. The summed E-state index contributed by atoms with van der Waals surface area (Å²) in [6.45, 7) is 0.242. The van der Waals surface area contributed by atoms with Crippen molar-refractivity contribution in [2.45, 2.75) is 24.3 Å². The van der Waals surface area contributed by atoms with E-state index in [1.165, 1.54) is 12.1 Å². The Morgan fingerprint density at radius 1 is 1.00 bits per heavy atom. The van der Waals surface area contributed by atoms with Crippen LogP contribution in [0.2, 0.25) is 0 Å². The van der Waals surface area contributed by atoms with E-state index >= 15 is 0 Å². The minimum atomic E-state index is -3.57. The molecule has 0 aliphatic heterocycles. The molecule has 0 bridgehead atoms. The molecule has 0 unspecified atom stereocenters. The molecule has 0 heterocycles. The molecule has 0 saturated heterocycles. The largest absolute Gasteiger partial charge is 0.294 e. The highest BCUT2D eigenvalue weighted by Crippen LogP contribution is 2.32. The van der Waals surface area contributed by atoms with E-state index in [1.54, 1.807) is 12.1 Å². The van der Waals surface area contributed by atoms with Crippen molar-refractivity contribution in [2.75, 3.05) is 0 Å². The van der Waals surface area contributed by atoms with Gasteiger partial charge in [-0.25, -0.2) is 13.1 Å². The molecule has 0 radical (unpaired) electrons. The molecule has 2 aromatic carbocycles. The van der Waals surface area contributed by atoms with E-state index in [1.807, 2.05) is 30.3 Å². The Morgan fingerprint density at radius 3 is 2.23 bits per heavy atom. The minimum absolute atomic E-state index is 0.112. The molecule has 0 atom stereocenters. The van der Waals surface area contributed by atoms with Gasteiger partial charge in [0.15, 0.2) is 5.78 Å². The van der Waals surface area contributed by atoms with Crippen molar-refractivity contribution in [1.82, 2.24) is 4.72 Å². The minimum Gasteiger partial charge on any atom is -0.294 e. The van der Waals surface area contributed by atoms with Gasteiger partial charge in [-0.1, -0.05) is 42.5 Å². The van der Waals surface area contributed by atoms with Gasteiger partial charge in [0.25, 0.3) is 0 Å². The lowest BCUT2D eigenvalue weighted by atomic mass is 10.1. The van der Waals surface area contributed by atoms with Gasteiger partial charge >= 0.3 is 0 Å². The average molecular weight is 315 g/mol. The topological polar surface area (TPSA) is 63.2 Å². The van der Waals surface area contributed by atoms with Crippen LogP contribution in [0.25, 0.3) is 0 Å². The van der Waals surface area contributed by atoms with Crippen LogP contribution in [0.1, 0.15) is 28.8 Å². The SMILES string of the molecule is O=C(c1ccc(S(=O)(=O)NCc2ccccc2)cc1)C1CC1. The number of Topliss-reactive ketones (excluding diaryl/α,β-unsaturated/α-hetero) is 1. The quantitative estimate of drug-likeness (QED) is 0.834.